The van der Waals surface area contributed by atoms with Crippen LogP contribution >= 0.6 is 0 Å². The van der Waals surface area contributed by atoms with Crippen LogP contribution in [0.25, 0.3) is 0 Å². The molecule has 1 fully saturated rings. The van der Waals surface area contributed by atoms with Crippen LogP contribution in [0.15, 0.2) is 29.2 Å². The lowest BCUT2D eigenvalue weighted by atomic mass is 10.1. The standard InChI is InChI=1S/C12H15FN2O5S2/c13-10-2-1-3-11(7-10)22(19,20)15-14-12(16)6-9-4-5-21(17,18)8-9/h1-3,7,9,15H,4-6,8H2,(H,14,16)/t9-/m0/s1. The number of hydrogen-bond acceptors (Lipinski definition) is 5. The quantitative estimate of drug-likeness (QED) is 0.724. The zero-order valence-electron chi connectivity index (χ0n) is 11.5. The van der Waals surface area contributed by atoms with Crippen molar-refractivity contribution in [3.63, 3.8) is 0 Å². The number of sulfonamides is 1. The Bertz CT molecular complexity index is 776. The van der Waals surface area contributed by atoms with E-state index >= 15 is 0 Å². The van der Waals surface area contributed by atoms with Gasteiger partial charge in [-0.1, -0.05) is 6.07 Å². The highest BCUT2D eigenvalue weighted by atomic mass is 32.2. The molecule has 0 saturated carbocycles. The van der Waals surface area contributed by atoms with Gasteiger partial charge in [-0.2, -0.15) is 0 Å². The van der Waals surface area contributed by atoms with Crippen molar-refractivity contribution in [2.75, 3.05) is 11.5 Å². The van der Waals surface area contributed by atoms with E-state index in [4.69, 9.17) is 0 Å². The zero-order valence-corrected chi connectivity index (χ0v) is 13.1. The molecule has 1 aliphatic heterocycles. The Kier molecular flexibility index (Phi) is 4.83. The monoisotopic (exact) mass is 350 g/mol. The average Bonchev–Trinajstić information content (AvgIpc) is 2.76. The summed E-state index contributed by atoms with van der Waals surface area (Å²) in [7, 11) is -7.17. The first-order chi connectivity index (χ1) is 10.2. The van der Waals surface area contributed by atoms with Gasteiger partial charge in [0.25, 0.3) is 10.0 Å². The van der Waals surface area contributed by atoms with Crippen LogP contribution in [0.5, 0.6) is 0 Å². The maximum absolute atomic E-state index is 13.0. The van der Waals surface area contributed by atoms with Gasteiger partial charge in [-0.15, -0.1) is 4.83 Å². The molecular weight excluding hydrogens is 335 g/mol. The Morgan fingerprint density at radius 3 is 2.68 bits per heavy atom. The highest BCUT2D eigenvalue weighted by molar-refractivity contribution is 7.91. The Hall–Kier alpha value is -1.52. The van der Waals surface area contributed by atoms with Gasteiger partial charge in [0.15, 0.2) is 9.84 Å². The number of rotatable bonds is 5. The van der Waals surface area contributed by atoms with E-state index in [0.717, 1.165) is 12.1 Å². The van der Waals surface area contributed by atoms with Gasteiger partial charge in [0.2, 0.25) is 5.91 Å². The normalized spacial score (nSPS) is 20.7. The Morgan fingerprint density at radius 1 is 1.36 bits per heavy atom. The van der Waals surface area contributed by atoms with Gasteiger partial charge in [-0.3, -0.25) is 10.2 Å². The minimum atomic E-state index is -4.07. The minimum absolute atomic E-state index is 0.0416. The lowest BCUT2D eigenvalue weighted by Crippen LogP contribution is -2.42. The van der Waals surface area contributed by atoms with Crippen molar-refractivity contribution >= 4 is 25.8 Å². The molecular formula is C12H15FN2O5S2. The third-order valence-corrected chi connectivity index (χ3v) is 6.31. The molecule has 1 saturated heterocycles. The van der Waals surface area contributed by atoms with Crippen molar-refractivity contribution < 1.29 is 26.0 Å². The molecule has 0 aromatic heterocycles. The summed E-state index contributed by atoms with van der Waals surface area (Å²) in [6, 6.07) is 4.33. The van der Waals surface area contributed by atoms with Crippen LogP contribution in [0.3, 0.4) is 0 Å². The molecule has 0 spiro atoms. The number of hydrogen-bond donors (Lipinski definition) is 2. The first kappa shape index (κ1) is 16.8. The number of carbonyl (C=O) groups is 1. The molecule has 2 rings (SSSR count). The smallest absolute Gasteiger partial charge is 0.257 e. The van der Waals surface area contributed by atoms with Gasteiger partial charge < -0.3 is 0 Å². The largest absolute Gasteiger partial charge is 0.278 e. The fourth-order valence-corrected chi connectivity index (χ4v) is 4.92. The highest BCUT2D eigenvalue weighted by Gasteiger charge is 2.29. The van der Waals surface area contributed by atoms with Gasteiger partial charge in [0, 0.05) is 6.42 Å². The Balaban J connectivity index is 1.91. The number of halogens is 1. The number of carbonyl (C=O) groups excluding carboxylic acids is 1. The second-order valence-electron chi connectivity index (χ2n) is 5.08. The van der Waals surface area contributed by atoms with Crippen LogP contribution in [0, 0.1) is 11.7 Å². The van der Waals surface area contributed by atoms with Crippen molar-refractivity contribution in [3.8, 4) is 0 Å². The molecule has 22 heavy (non-hydrogen) atoms. The summed E-state index contributed by atoms with van der Waals surface area (Å²) in [4.78, 5) is 13.2. The summed E-state index contributed by atoms with van der Waals surface area (Å²) in [5.41, 5.74) is 2.00. The van der Waals surface area contributed by atoms with Crippen LogP contribution in [-0.2, 0) is 24.7 Å². The van der Waals surface area contributed by atoms with E-state index in [2.05, 4.69) is 0 Å². The lowest BCUT2D eigenvalue weighted by molar-refractivity contribution is -0.122. The summed E-state index contributed by atoms with van der Waals surface area (Å²) < 4.78 is 59.2. The third kappa shape index (κ3) is 4.49. The van der Waals surface area contributed by atoms with E-state index < -0.39 is 31.6 Å². The number of amides is 1. The third-order valence-electron chi connectivity index (χ3n) is 3.23. The highest BCUT2D eigenvalue weighted by Crippen LogP contribution is 2.21. The van der Waals surface area contributed by atoms with Crippen molar-refractivity contribution in [2.45, 2.75) is 17.7 Å². The van der Waals surface area contributed by atoms with Crippen molar-refractivity contribution in [2.24, 2.45) is 5.92 Å². The van der Waals surface area contributed by atoms with Gasteiger partial charge in [0.1, 0.15) is 5.82 Å². The molecule has 10 heteroatoms. The van der Waals surface area contributed by atoms with Crippen LogP contribution in [0.2, 0.25) is 0 Å². The van der Waals surface area contributed by atoms with Gasteiger partial charge in [-0.25, -0.2) is 21.2 Å². The zero-order chi connectivity index (χ0) is 16.4. The van der Waals surface area contributed by atoms with E-state index in [1.807, 2.05) is 10.3 Å². The Labute approximate surface area is 127 Å². The predicted octanol–water partition coefficient (Wildman–Crippen LogP) is -0.0400. The minimum Gasteiger partial charge on any atom is -0.278 e. The fraction of sp³-hybridized carbons (Fsp3) is 0.417. The maximum Gasteiger partial charge on any atom is 0.257 e. The van der Waals surface area contributed by atoms with E-state index in [-0.39, 0.29) is 28.7 Å². The summed E-state index contributed by atoms with van der Waals surface area (Å²) >= 11 is 0. The van der Waals surface area contributed by atoms with Crippen molar-refractivity contribution in [3.05, 3.63) is 30.1 Å². The summed E-state index contributed by atoms with van der Waals surface area (Å²) in [5.74, 6) is -1.70. The molecule has 1 aromatic carbocycles. The molecule has 7 nitrogen and oxygen atoms in total. The van der Waals surface area contributed by atoms with Gasteiger partial charge in [0.05, 0.1) is 16.4 Å². The molecule has 1 aliphatic rings. The van der Waals surface area contributed by atoms with Crippen LogP contribution in [0.1, 0.15) is 12.8 Å². The molecule has 2 N–H and O–H groups in total. The van der Waals surface area contributed by atoms with Crippen molar-refractivity contribution in [1.82, 2.24) is 10.3 Å². The molecule has 0 unspecified atom stereocenters. The van der Waals surface area contributed by atoms with Crippen LogP contribution in [-0.4, -0.2) is 34.2 Å². The summed E-state index contributed by atoms with van der Waals surface area (Å²) in [5, 5.41) is 0. The van der Waals surface area contributed by atoms with E-state index in [0.29, 0.717) is 6.42 Å². The van der Waals surface area contributed by atoms with Crippen molar-refractivity contribution in [1.29, 1.82) is 0 Å². The first-order valence-corrected chi connectivity index (χ1v) is 9.75. The second kappa shape index (κ2) is 6.31. The number of hydrazine groups is 1. The van der Waals surface area contributed by atoms with E-state index in [9.17, 15) is 26.0 Å². The lowest BCUT2D eigenvalue weighted by Gasteiger charge is -2.10. The molecule has 1 atom stereocenters. The molecule has 122 valence electrons. The van der Waals surface area contributed by atoms with E-state index in [1.165, 1.54) is 12.1 Å². The molecule has 1 amide bonds. The molecule has 0 bridgehead atoms. The van der Waals surface area contributed by atoms with Gasteiger partial charge >= 0.3 is 0 Å². The average molecular weight is 350 g/mol. The molecule has 1 heterocycles. The number of nitrogens with one attached hydrogen (secondary N) is 2. The van der Waals surface area contributed by atoms with Gasteiger partial charge in [-0.05, 0) is 30.5 Å². The summed E-state index contributed by atoms with van der Waals surface area (Å²) in [6.45, 7) is 0. The topological polar surface area (TPSA) is 109 Å². The second-order valence-corrected chi connectivity index (χ2v) is 9.00. The molecule has 1 aromatic rings. The maximum atomic E-state index is 13.0. The SMILES string of the molecule is O=C(C[C@@H]1CCS(=O)(=O)C1)NNS(=O)(=O)c1cccc(F)c1. The summed E-state index contributed by atoms with van der Waals surface area (Å²) in [6.07, 6.45) is 0.289. The van der Waals surface area contributed by atoms with Crippen LogP contribution < -0.4 is 10.3 Å². The Morgan fingerprint density at radius 2 is 2.09 bits per heavy atom. The fourth-order valence-electron chi connectivity index (χ4n) is 2.16. The number of benzene rings is 1. The molecule has 0 aliphatic carbocycles. The molecule has 0 radical (unpaired) electrons. The van der Waals surface area contributed by atoms with E-state index in [1.54, 1.807) is 0 Å². The predicted molar refractivity (Wildman–Crippen MR) is 76.2 cm³/mol. The first-order valence-electron chi connectivity index (χ1n) is 6.45. The number of sulfone groups is 1. The van der Waals surface area contributed by atoms with Crippen LogP contribution in [0.4, 0.5) is 4.39 Å².